The van der Waals surface area contributed by atoms with E-state index in [9.17, 15) is 9.59 Å². The van der Waals surface area contributed by atoms with E-state index in [1.807, 2.05) is 6.92 Å². The summed E-state index contributed by atoms with van der Waals surface area (Å²) in [5.41, 5.74) is 0.606. The number of aromatic carboxylic acids is 1. The van der Waals surface area contributed by atoms with Crippen molar-refractivity contribution in [2.45, 2.75) is 32.4 Å². The first-order valence-corrected chi connectivity index (χ1v) is 7.68. The highest BCUT2D eigenvalue weighted by Gasteiger charge is 2.27. The van der Waals surface area contributed by atoms with Crippen molar-refractivity contribution in [2.24, 2.45) is 0 Å². The minimum atomic E-state index is -0.995. The van der Waals surface area contributed by atoms with Gasteiger partial charge in [-0.1, -0.05) is 0 Å². The van der Waals surface area contributed by atoms with E-state index in [2.05, 4.69) is 10.2 Å². The molecule has 1 amide bonds. The number of carbonyl (C=O) groups excluding carboxylic acids is 1. The molecule has 1 fully saturated rings. The number of carbonyl (C=O) groups is 2. The molecule has 0 bridgehead atoms. The Bertz CT molecular complexity index is 720. The number of rotatable bonds is 4. The highest BCUT2D eigenvalue weighted by Crippen LogP contribution is 2.22. The van der Waals surface area contributed by atoms with E-state index in [1.165, 1.54) is 12.4 Å². The predicted octanol–water partition coefficient (Wildman–Crippen LogP) is 1.27. The SMILES string of the molecule is CCn1ccc(C(=O)N2CCCC(n3cc(C(=O)O)cn3)C2)n1. The van der Waals surface area contributed by atoms with Gasteiger partial charge in [-0.25, -0.2) is 4.79 Å². The molecule has 0 radical (unpaired) electrons. The van der Waals surface area contributed by atoms with Gasteiger partial charge in [0, 0.05) is 32.0 Å². The summed E-state index contributed by atoms with van der Waals surface area (Å²) >= 11 is 0. The molecule has 1 saturated heterocycles. The van der Waals surface area contributed by atoms with Gasteiger partial charge < -0.3 is 10.0 Å². The van der Waals surface area contributed by atoms with Gasteiger partial charge in [0.05, 0.1) is 17.8 Å². The summed E-state index contributed by atoms with van der Waals surface area (Å²) in [5.74, 6) is -1.09. The van der Waals surface area contributed by atoms with Crippen LogP contribution in [0, 0.1) is 0 Å². The molecule has 23 heavy (non-hydrogen) atoms. The zero-order valence-corrected chi connectivity index (χ0v) is 12.9. The molecule has 1 N–H and O–H groups in total. The number of hydrogen-bond donors (Lipinski definition) is 1. The summed E-state index contributed by atoms with van der Waals surface area (Å²) in [6.45, 7) is 3.89. The van der Waals surface area contributed by atoms with Gasteiger partial charge >= 0.3 is 5.97 Å². The Labute approximate surface area is 133 Å². The number of nitrogens with zero attached hydrogens (tertiary/aromatic N) is 5. The lowest BCUT2D eigenvalue weighted by molar-refractivity contribution is 0.0660. The first-order valence-electron chi connectivity index (χ1n) is 7.68. The fraction of sp³-hybridized carbons (Fsp3) is 0.467. The molecule has 2 aromatic heterocycles. The summed E-state index contributed by atoms with van der Waals surface area (Å²) in [6.07, 6.45) is 6.38. The first kappa shape index (κ1) is 15.3. The number of carboxylic acids is 1. The smallest absolute Gasteiger partial charge is 0.338 e. The van der Waals surface area contributed by atoms with Crippen LogP contribution >= 0.6 is 0 Å². The molecule has 1 atom stereocenters. The summed E-state index contributed by atoms with van der Waals surface area (Å²) in [5, 5.41) is 17.4. The van der Waals surface area contributed by atoms with Crippen LogP contribution in [0.15, 0.2) is 24.7 Å². The molecule has 0 aliphatic carbocycles. The van der Waals surface area contributed by atoms with Gasteiger partial charge in [0.2, 0.25) is 0 Å². The maximum Gasteiger partial charge on any atom is 0.338 e. The fourth-order valence-electron chi connectivity index (χ4n) is 2.82. The molecule has 3 heterocycles. The van der Waals surface area contributed by atoms with Crippen molar-refractivity contribution in [1.82, 2.24) is 24.5 Å². The van der Waals surface area contributed by atoms with Gasteiger partial charge in [0.1, 0.15) is 5.69 Å². The molecule has 2 aromatic rings. The second-order valence-corrected chi connectivity index (χ2v) is 5.62. The van der Waals surface area contributed by atoms with Crippen molar-refractivity contribution in [3.8, 4) is 0 Å². The standard InChI is InChI=1S/C15H19N5O3/c1-2-19-7-5-13(17-19)14(21)18-6-3-4-12(10-18)20-9-11(8-16-20)15(22)23/h5,7-9,12H,2-4,6,10H2,1H3,(H,22,23). The monoisotopic (exact) mass is 317 g/mol. The second kappa shape index (κ2) is 6.23. The van der Waals surface area contributed by atoms with Gasteiger partial charge in [0.25, 0.3) is 5.91 Å². The lowest BCUT2D eigenvalue weighted by Crippen LogP contribution is -2.41. The van der Waals surface area contributed by atoms with Gasteiger partial charge in [0.15, 0.2) is 0 Å². The topological polar surface area (TPSA) is 93.2 Å². The Morgan fingerprint density at radius 1 is 1.43 bits per heavy atom. The van der Waals surface area contributed by atoms with E-state index in [-0.39, 0.29) is 17.5 Å². The third kappa shape index (κ3) is 3.10. The highest BCUT2D eigenvalue weighted by molar-refractivity contribution is 5.92. The van der Waals surface area contributed by atoms with Crippen molar-refractivity contribution in [3.63, 3.8) is 0 Å². The molecular formula is C15H19N5O3. The summed E-state index contributed by atoms with van der Waals surface area (Å²) in [6, 6.07) is 1.72. The molecule has 122 valence electrons. The molecular weight excluding hydrogens is 298 g/mol. The summed E-state index contributed by atoms with van der Waals surface area (Å²) in [7, 11) is 0. The van der Waals surface area contributed by atoms with Gasteiger partial charge in [-0.15, -0.1) is 0 Å². The van der Waals surface area contributed by atoms with Gasteiger partial charge in [-0.3, -0.25) is 14.2 Å². The molecule has 8 nitrogen and oxygen atoms in total. The molecule has 0 saturated carbocycles. The minimum absolute atomic E-state index is 0.00550. The largest absolute Gasteiger partial charge is 0.478 e. The van der Waals surface area contributed by atoms with Gasteiger partial charge in [-0.05, 0) is 25.8 Å². The number of carboxylic acid groups (broad SMARTS) is 1. The van der Waals surface area contributed by atoms with Crippen LogP contribution in [0.2, 0.25) is 0 Å². The molecule has 8 heteroatoms. The van der Waals surface area contributed by atoms with Crippen LogP contribution in [0.1, 0.15) is 46.7 Å². The van der Waals surface area contributed by atoms with Crippen LogP contribution in [0.25, 0.3) is 0 Å². The number of aromatic nitrogens is 4. The lowest BCUT2D eigenvalue weighted by atomic mass is 10.1. The summed E-state index contributed by atoms with van der Waals surface area (Å²) < 4.78 is 3.37. The normalized spacial score (nSPS) is 18.1. The van der Waals surface area contributed by atoms with Crippen molar-refractivity contribution >= 4 is 11.9 Å². The van der Waals surface area contributed by atoms with E-state index < -0.39 is 5.97 Å². The first-order chi connectivity index (χ1) is 11.1. The number of amides is 1. The minimum Gasteiger partial charge on any atom is -0.478 e. The average Bonchev–Trinajstić information content (AvgIpc) is 3.23. The number of likely N-dealkylation sites (tertiary alicyclic amines) is 1. The average molecular weight is 317 g/mol. The second-order valence-electron chi connectivity index (χ2n) is 5.62. The predicted molar refractivity (Wildman–Crippen MR) is 81.3 cm³/mol. The van der Waals surface area contributed by atoms with Crippen LogP contribution in [0.3, 0.4) is 0 Å². The lowest BCUT2D eigenvalue weighted by Gasteiger charge is -2.32. The van der Waals surface area contributed by atoms with E-state index in [1.54, 1.807) is 26.5 Å². The number of piperidine rings is 1. The zero-order chi connectivity index (χ0) is 16.4. The van der Waals surface area contributed by atoms with Crippen LogP contribution in [-0.4, -0.2) is 54.5 Å². The number of aryl methyl sites for hydroxylation is 1. The van der Waals surface area contributed by atoms with Gasteiger partial charge in [-0.2, -0.15) is 10.2 Å². The van der Waals surface area contributed by atoms with E-state index in [4.69, 9.17) is 5.11 Å². The zero-order valence-electron chi connectivity index (χ0n) is 12.9. The van der Waals surface area contributed by atoms with Crippen molar-refractivity contribution in [2.75, 3.05) is 13.1 Å². The van der Waals surface area contributed by atoms with E-state index >= 15 is 0 Å². The van der Waals surface area contributed by atoms with Crippen molar-refractivity contribution in [1.29, 1.82) is 0 Å². The quantitative estimate of drug-likeness (QED) is 0.916. The Balaban J connectivity index is 1.72. The maximum atomic E-state index is 12.5. The maximum absolute atomic E-state index is 12.5. The molecule has 1 aliphatic heterocycles. The van der Waals surface area contributed by atoms with Crippen molar-refractivity contribution < 1.29 is 14.7 Å². The van der Waals surface area contributed by atoms with Crippen LogP contribution in [0.5, 0.6) is 0 Å². The van der Waals surface area contributed by atoms with Crippen LogP contribution in [0.4, 0.5) is 0 Å². The number of hydrogen-bond acceptors (Lipinski definition) is 4. The Morgan fingerprint density at radius 2 is 2.26 bits per heavy atom. The highest BCUT2D eigenvalue weighted by atomic mass is 16.4. The fourth-order valence-corrected chi connectivity index (χ4v) is 2.82. The third-order valence-electron chi connectivity index (χ3n) is 4.09. The molecule has 3 rings (SSSR count). The Kier molecular flexibility index (Phi) is 4.14. The molecule has 0 aromatic carbocycles. The van der Waals surface area contributed by atoms with E-state index in [0.717, 1.165) is 19.4 Å². The van der Waals surface area contributed by atoms with Crippen LogP contribution in [-0.2, 0) is 6.54 Å². The van der Waals surface area contributed by atoms with Crippen LogP contribution < -0.4 is 0 Å². The Morgan fingerprint density at radius 3 is 2.91 bits per heavy atom. The molecule has 1 aliphatic rings. The molecule has 1 unspecified atom stereocenters. The van der Waals surface area contributed by atoms with Crippen molar-refractivity contribution in [3.05, 3.63) is 35.9 Å². The third-order valence-corrected chi connectivity index (χ3v) is 4.09. The molecule has 0 spiro atoms. The summed E-state index contributed by atoms with van der Waals surface area (Å²) in [4.78, 5) is 25.3. The van der Waals surface area contributed by atoms with E-state index in [0.29, 0.717) is 18.8 Å². The Hall–Kier alpha value is -2.64.